The van der Waals surface area contributed by atoms with Gasteiger partial charge in [0.15, 0.2) is 5.16 Å². The smallest absolute Gasteiger partial charge is 0.255 e. The van der Waals surface area contributed by atoms with E-state index >= 15 is 0 Å². The summed E-state index contributed by atoms with van der Waals surface area (Å²) < 4.78 is 8.20. The molecule has 1 aliphatic carbocycles. The number of benzene rings is 2. The van der Waals surface area contributed by atoms with Crippen LogP contribution in [0.15, 0.2) is 68.1 Å². The van der Waals surface area contributed by atoms with E-state index < -0.39 is 0 Å². The topological polar surface area (TPSA) is 105 Å². The predicted octanol–water partition coefficient (Wildman–Crippen LogP) is 4.54. The molecule has 1 unspecified atom stereocenters. The highest BCUT2D eigenvalue weighted by Gasteiger charge is 2.33. The maximum Gasteiger partial charge on any atom is 0.255 e. The Morgan fingerprint density at radius 1 is 1.11 bits per heavy atom. The number of ether oxygens (including phenoxy) is 1. The Balaban J connectivity index is 1.28. The van der Waals surface area contributed by atoms with Gasteiger partial charge in [-0.2, -0.15) is 5.10 Å². The van der Waals surface area contributed by atoms with Crippen molar-refractivity contribution in [1.82, 2.24) is 24.6 Å². The van der Waals surface area contributed by atoms with E-state index in [1.165, 1.54) is 11.8 Å². The van der Waals surface area contributed by atoms with Crippen molar-refractivity contribution >= 4 is 45.1 Å². The van der Waals surface area contributed by atoms with Gasteiger partial charge in [-0.15, -0.1) is 10.2 Å². The summed E-state index contributed by atoms with van der Waals surface area (Å²) in [6.45, 7) is 0. The largest absolute Gasteiger partial charge is 0.497 e. The van der Waals surface area contributed by atoms with Crippen LogP contribution in [0.2, 0.25) is 0 Å². The van der Waals surface area contributed by atoms with Crippen LogP contribution in [0.25, 0.3) is 5.78 Å². The SMILES string of the molecule is COc1ccc(C2CC(c3ccc(Br)cc3)=NN2C(=O)CSc2nnc3[nH]c(=O)c4c(n23)CCCC4)cc1. The van der Waals surface area contributed by atoms with E-state index in [2.05, 4.69) is 31.1 Å². The lowest BCUT2D eigenvalue weighted by molar-refractivity contribution is -0.130. The van der Waals surface area contributed by atoms with Crippen molar-refractivity contribution in [3.63, 3.8) is 0 Å². The average Bonchev–Trinajstić information content (AvgIpc) is 3.57. The van der Waals surface area contributed by atoms with Crippen molar-refractivity contribution in [1.29, 1.82) is 0 Å². The van der Waals surface area contributed by atoms with Crippen molar-refractivity contribution in [3.05, 3.63) is 85.7 Å². The Bertz CT molecular complexity index is 1600. The maximum absolute atomic E-state index is 13.6. The number of carbonyl (C=O) groups is 1. The van der Waals surface area contributed by atoms with Crippen LogP contribution in [0.3, 0.4) is 0 Å². The van der Waals surface area contributed by atoms with Crippen molar-refractivity contribution in [2.75, 3.05) is 12.9 Å². The van der Waals surface area contributed by atoms with Crippen LogP contribution in [-0.2, 0) is 17.6 Å². The van der Waals surface area contributed by atoms with Crippen molar-refractivity contribution in [2.24, 2.45) is 5.10 Å². The lowest BCUT2D eigenvalue weighted by atomic mass is 9.97. The number of carbonyl (C=O) groups excluding carboxylic acids is 1. The summed E-state index contributed by atoms with van der Waals surface area (Å²) in [5.41, 5.74) is 4.47. The van der Waals surface area contributed by atoms with Crippen LogP contribution in [0.4, 0.5) is 0 Å². The van der Waals surface area contributed by atoms with Crippen LogP contribution in [0.1, 0.15) is 47.7 Å². The fraction of sp³-hybridized carbons (Fsp3) is 0.296. The summed E-state index contributed by atoms with van der Waals surface area (Å²) in [5.74, 6) is 1.18. The number of aromatic nitrogens is 4. The standard InChI is InChI=1S/C27H25BrN6O3S/c1-37-19-12-8-17(9-13-19)23-14-21(16-6-10-18(28)11-7-16)32-34(23)24(35)15-38-27-31-30-26-29-25(36)20-4-2-3-5-22(20)33(26)27/h6-13,23H,2-5,14-15H2,1H3,(H,29,30,36). The number of H-pyrrole nitrogens is 1. The van der Waals surface area contributed by atoms with E-state index in [0.29, 0.717) is 17.4 Å². The number of nitrogens with one attached hydrogen (secondary N) is 1. The number of methoxy groups -OCH3 is 1. The highest BCUT2D eigenvalue weighted by atomic mass is 79.9. The van der Waals surface area contributed by atoms with Gasteiger partial charge in [-0.05, 0) is 61.1 Å². The molecule has 1 aliphatic heterocycles. The molecule has 6 rings (SSSR count). The van der Waals surface area contributed by atoms with Gasteiger partial charge >= 0.3 is 0 Å². The lowest BCUT2D eigenvalue weighted by Crippen LogP contribution is -2.28. The molecule has 38 heavy (non-hydrogen) atoms. The Hall–Kier alpha value is -3.44. The fourth-order valence-corrected chi connectivity index (χ4v) is 6.15. The quantitative estimate of drug-likeness (QED) is 0.330. The first-order valence-corrected chi connectivity index (χ1v) is 14.2. The molecule has 9 nitrogen and oxygen atoms in total. The minimum atomic E-state index is -0.230. The number of hydrogen-bond acceptors (Lipinski definition) is 7. The number of nitrogens with zero attached hydrogens (tertiary/aromatic N) is 5. The predicted molar refractivity (Wildman–Crippen MR) is 149 cm³/mol. The van der Waals surface area contributed by atoms with Gasteiger partial charge in [-0.25, -0.2) is 5.01 Å². The number of halogens is 1. The third-order valence-electron chi connectivity index (χ3n) is 7.01. The third kappa shape index (κ3) is 4.64. The molecule has 1 N–H and O–H groups in total. The van der Waals surface area contributed by atoms with Gasteiger partial charge in [0.05, 0.1) is 24.6 Å². The molecule has 4 aromatic rings. The van der Waals surface area contributed by atoms with Crippen LogP contribution >= 0.6 is 27.7 Å². The van der Waals surface area contributed by atoms with Crippen LogP contribution in [-0.4, -0.2) is 49.1 Å². The summed E-state index contributed by atoms with van der Waals surface area (Å²) in [6.07, 6.45) is 4.14. The second-order valence-electron chi connectivity index (χ2n) is 9.30. The zero-order valence-corrected chi connectivity index (χ0v) is 23.1. The first kappa shape index (κ1) is 24.9. The zero-order valence-electron chi connectivity index (χ0n) is 20.7. The Kier molecular flexibility index (Phi) is 6.79. The van der Waals surface area contributed by atoms with Crippen LogP contribution in [0, 0.1) is 0 Å². The summed E-state index contributed by atoms with van der Waals surface area (Å²) in [5, 5.41) is 15.4. The van der Waals surface area contributed by atoms with Gasteiger partial charge in [-0.1, -0.05) is 52.0 Å². The maximum atomic E-state index is 13.6. The third-order valence-corrected chi connectivity index (χ3v) is 8.45. The van der Waals surface area contributed by atoms with E-state index in [-0.39, 0.29) is 23.3 Å². The number of hydrogen-bond donors (Lipinski definition) is 1. The second-order valence-corrected chi connectivity index (χ2v) is 11.2. The molecule has 2 aromatic carbocycles. The summed E-state index contributed by atoms with van der Waals surface area (Å²) in [7, 11) is 1.63. The monoisotopic (exact) mass is 592 g/mol. The van der Waals surface area contributed by atoms with E-state index in [1.54, 1.807) is 12.1 Å². The van der Waals surface area contributed by atoms with E-state index in [9.17, 15) is 9.59 Å². The number of aryl methyl sites for hydroxylation is 1. The molecule has 194 valence electrons. The van der Waals surface area contributed by atoms with Gasteiger partial charge in [-0.3, -0.25) is 19.0 Å². The molecule has 0 saturated heterocycles. The molecular formula is C27H25BrN6O3S. The summed E-state index contributed by atoms with van der Waals surface area (Å²) >= 11 is 4.80. The van der Waals surface area contributed by atoms with Crippen molar-refractivity contribution in [2.45, 2.75) is 43.3 Å². The number of amides is 1. The summed E-state index contributed by atoms with van der Waals surface area (Å²) in [6, 6.07) is 15.5. The molecule has 0 saturated carbocycles. The first-order valence-electron chi connectivity index (χ1n) is 12.4. The first-order chi connectivity index (χ1) is 18.5. The Morgan fingerprint density at radius 2 is 1.87 bits per heavy atom. The van der Waals surface area contributed by atoms with Gasteiger partial charge in [0.1, 0.15) is 5.75 Å². The minimum absolute atomic E-state index is 0.0959. The number of fused-ring (bicyclic) bond motifs is 3. The molecule has 2 aromatic heterocycles. The molecule has 0 radical (unpaired) electrons. The van der Waals surface area contributed by atoms with E-state index in [4.69, 9.17) is 9.84 Å². The van der Waals surface area contributed by atoms with Gasteiger partial charge in [0.25, 0.3) is 11.5 Å². The normalized spacial score (nSPS) is 16.9. The summed E-state index contributed by atoms with van der Waals surface area (Å²) in [4.78, 5) is 28.9. The zero-order chi connectivity index (χ0) is 26.2. The van der Waals surface area contributed by atoms with Gasteiger partial charge in [0.2, 0.25) is 5.78 Å². The molecule has 1 amide bonds. The highest BCUT2D eigenvalue weighted by Crippen LogP contribution is 2.35. The number of rotatable bonds is 6. The Labute approximate surface area is 231 Å². The van der Waals surface area contributed by atoms with Crippen molar-refractivity contribution < 1.29 is 9.53 Å². The highest BCUT2D eigenvalue weighted by molar-refractivity contribution is 9.10. The van der Waals surface area contributed by atoms with Crippen LogP contribution < -0.4 is 10.3 Å². The number of aromatic amines is 1. The Morgan fingerprint density at radius 3 is 2.63 bits per heavy atom. The average molecular weight is 594 g/mol. The molecule has 11 heteroatoms. The minimum Gasteiger partial charge on any atom is -0.497 e. The van der Waals surface area contributed by atoms with Gasteiger partial charge in [0, 0.05) is 22.2 Å². The second kappa shape index (κ2) is 10.4. The molecule has 0 bridgehead atoms. The molecular weight excluding hydrogens is 568 g/mol. The van der Waals surface area contributed by atoms with E-state index in [0.717, 1.165) is 64.0 Å². The number of thioether (sulfide) groups is 1. The fourth-order valence-electron chi connectivity index (χ4n) is 5.08. The van der Waals surface area contributed by atoms with Crippen molar-refractivity contribution in [3.8, 4) is 5.75 Å². The molecule has 2 aliphatic rings. The van der Waals surface area contributed by atoms with Gasteiger partial charge < -0.3 is 4.74 Å². The molecule has 3 heterocycles. The molecule has 1 atom stereocenters. The van der Waals surface area contributed by atoms with E-state index in [1.807, 2.05) is 52.9 Å². The number of hydrazone groups is 1. The lowest BCUT2D eigenvalue weighted by Gasteiger charge is -2.22. The van der Waals surface area contributed by atoms with Crippen LogP contribution in [0.5, 0.6) is 5.75 Å². The molecule has 0 fully saturated rings. The molecule has 0 spiro atoms.